The fraction of sp³-hybridized carbons (Fsp3) is 0.600. The molecule has 5 heteroatoms. The average Bonchev–Trinajstić information content (AvgIpc) is 3.11. The van der Waals surface area contributed by atoms with Crippen LogP contribution in [0, 0.1) is 5.92 Å². The summed E-state index contributed by atoms with van der Waals surface area (Å²) in [6, 6.07) is 2.31. The van der Waals surface area contributed by atoms with E-state index in [1.165, 1.54) is 25.7 Å². The smallest absolute Gasteiger partial charge is 0.255 e. The Morgan fingerprint density at radius 1 is 1.35 bits per heavy atom. The fourth-order valence-corrected chi connectivity index (χ4v) is 3.11. The van der Waals surface area contributed by atoms with Crippen molar-refractivity contribution >= 4 is 21.8 Å². The summed E-state index contributed by atoms with van der Waals surface area (Å²) in [4.78, 5) is 18.8. The predicted octanol–water partition coefficient (Wildman–Crippen LogP) is 2.45. The number of nitrogens with zero attached hydrogens (tertiary/aromatic N) is 2. The fourth-order valence-electron chi connectivity index (χ4n) is 2.74. The zero-order chi connectivity index (χ0) is 13.9. The van der Waals surface area contributed by atoms with Gasteiger partial charge >= 0.3 is 0 Å². The monoisotopic (exact) mass is 337 g/mol. The number of aromatic nitrogens is 1. The van der Waals surface area contributed by atoms with E-state index in [4.69, 9.17) is 0 Å². The van der Waals surface area contributed by atoms with Crippen LogP contribution >= 0.6 is 15.9 Å². The number of halogens is 1. The normalized spacial score (nSPS) is 21.9. The molecule has 0 spiro atoms. The molecule has 1 amide bonds. The van der Waals surface area contributed by atoms with Crippen LogP contribution in [0.25, 0.3) is 0 Å². The first-order valence-corrected chi connectivity index (χ1v) is 8.15. The summed E-state index contributed by atoms with van der Waals surface area (Å²) in [5.41, 5.74) is 0.679. The van der Waals surface area contributed by atoms with Gasteiger partial charge < -0.3 is 10.2 Å². The van der Waals surface area contributed by atoms with Gasteiger partial charge in [-0.3, -0.25) is 9.78 Å². The number of amides is 1. The molecular formula is C15H20BrN3O. The van der Waals surface area contributed by atoms with E-state index in [-0.39, 0.29) is 5.91 Å². The van der Waals surface area contributed by atoms with Gasteiger partial charge in [-0.05, 0) is 60.1 Å². The van der Waals surface area contributed by atoms with Crippen LogP contribution in [0.5, 0.6) is 0 Å². The summed E-state index contributed by atoms with van der Waals surface area (Å²) >= 11 is 3.39. The third-order valence-electron chi connectivity index (χ3n) is 4.02. The van der Waals surface area contributed by atoms with Gasteiger partial charge in [0.1, 0.15) is 0 Å². The highest BCUT2D eigenvalue weighted by Gasteiger charge is 2.29. The van der Waals surface area contributed by atoms with E-state index in [9.17, 15) is 4.79 Å². The highest BCUT2D eigenvalue weighted by Crippen LogP contribution is 2.30. The second-order valence-corrected chi connectivity index (χ2v) is 6.75. The lowest BCUT2D eigenvalue weighted by molar-refractivity contribution is 0.0733. The van der Waals surface area contributed by atoms with Crippen LogP contribution < -0.4 is 5.32 Å². The maximum atomic E-state index is 12.7. The van der Waals surface area contributed by atoms with Gasteiger partial charge in [0, 0.05) is 36.0 Å². The summed E-state index contributed by atoms with van der Waals surface area (Å²) in [6.07, 6.45) is 8.28. The molecule has 1 aliphatic heterocycles. The molecule has 1 saturated carbocycles. The van der Waals surface area contributed by atoms with E-state index in [2.05, 4.69) is 26.2 Å². The van der Waals surface area contributed by atoms with Crippen molar-refractivity contribution in [3.05, 3.63) is 28.5 Å². The topological polar surface area (TPSA) is 45.2 Å². The third-order valence-corrected chi connectivity index (χ3v) is 4.45. The molecule has 20 heavy (non-hydrogen) atoms. The summed E-state index contributed by atoms with van der Waals surface area (Å²) in [7, 11) is 0. The third kappa shape index (κ3) is 3.58. The molecule has 1 unspecified atom stereocenters. The van der Waals surface area contributed by atoms with Gasteiger partial charge in [0.05, 0.1) is 5.56 Å². The van der Waals surface area contributed by atoms with Crippen molar-refractivity contribution in [3.8, 4) is 0 Å². The average molecular weight is 338 g/mol. The SMILES string of the molecule is O=C(c1cncc(Br)c1)N(CC1CC1)CC1CCCN1. The van der Waals surface area contributed by atoms with E-state index in [1.54, 1.807) is 12.4 Å². The second kappa shape index (κ2) is 6.22. The molecule has 1 aromatic rings. The molecule has 1 aliphatic carbocycles. The summed E-state index contributed by atoms with van der Waals surface area (Å²) in [6.45, 7) is 2.79. The molecule has 0 aromatic carbocycles. The maximum Gasteiger partial charge on any atom is 0.255 e. The van der Waals surface area contributed by atoms with Crippen LogP contribution in [-0.4, -0.2) is 41.5 Å². The Labute approximate surface area is 128 Å². The maximum absolute atomic E-state index is 12.7. The number of nitrogens with one attached hydrogen (secondary N) is 1. The predicted molar refractivity (Wildman–Crippen MR) is 81.6 cm³/mol. The van der Waals surface area contributed by atoms with Crippen LogP contribution in [0.4, 0.5) is 0 Å². The van der Waals surface area contributed by atoms with Crippen LogP contribution in [0.15, 0.2) is 22.9 Å². The minimum Gasteiger partial charge on any atom is -0.337 e. The van der Waals surface area contributed by atoms with E-state index in [0.717, 1.165) is 24.1 Å². The highest BCUT2D eigenvalue weighted by atomic mass is 79.9. The van der Waals surface area contributed by atoms with Gasteiger partial charge in [-0.15, -0.1) is 0 Å². The number of hydrogen-bond donors (Lipinski definition) is 1. The number of pyridine rings is 1. The van der Waals surface area contributed by atoms with Crippen LogP contribution in [0.1, 0.15) is 36.0 Å². The minimum atomic E-state index is 0.111. The van der Waals surface area contributed by atoms with Crippen molar-refractivity contribution in [3.63, 3.8) is 0 Å². The van der Waals surface area contributed by atoms with E-state index < -0.39 is 0 Å². The highest BCUT2D eigenvalue weighted by molar-refractivity contribution is 9.10. The molecular weight excluding hydrogens is 318 g/mol. The Morgan fingerprint density at radius 3 is 2.85 bits per heavy atom. The Morgan fingerprint density at radius 2 is 2.20 bits per heavy atom. The van der Waals surface area contributed by atoms with Crippen LogP contribution in [-0.2, 0) is 0 Å². The largest absolute Gasteiger partial charge is 0.337 e. The molecule has 1 aromatic heterocycles. The second-order valence-electron chi connectivity index (χ2n) is 5.84. The van der Waals surface area contributed by atoms with Gasteiger partial charge in [-0.25, -0.2) is 0 Å². The Balaban J connectivity index is 1.71. The Hall–Kier alpha value is -0.940. The van der Waals surface area contributed by atoms with E-state index in [1.807, 2.05) is 11.0 Å². The summed E-state index contributed by atoms with van der Waals surface area (Å²) in [5, 5.41) is 3.48. The number of hydrogen-bond acceptors (Lipinski definition) is 3. The van der Waals surface area contributed by atoms with Gasteiger partial charge in [0.2, 0.25) is 0 Å². The molecule has 1 saturated heterocycles. The van der Waals surface area contributed by atoms with Gasteiger partial charge in [0.15, 0.2) is 0 Å². The lowest BCUT2D eigenvalue weighted by atomic mass is 10.1. The Kier molecular flexibility index (Phi) is 4.36. The first-order chi connectivity index (χ1) is 9.72. The molecule has 3 rings (SSSR count). The lowest BCUT2D eigenvalue weighted by Crippen LogP contribution is -2.42. The zero-order valence-corrected chi connectivity index (χ0v) is 13.1. The van der Waals surface area contributed by atoms with E-state index >= 15 is 0 Å². The number of carbonyl (C=O) groups excluding carboxylic acids is 1. The molecule has 0 radical (unpaired) electrons. The van der Waals surface area contributed by atoms with Crippen molar-refractivity contribution in [2.75, 3.05) is 19.6 Å². The van der Waals surface area contributed by atoms with Gasteiger partial charge in [-0.2, -0.15) is 0 Å². The van der Waals surface area contributed by atoms with Gasteiger partial charge in [-0.1, -0.05) is 0 Å². The molecule has 2 heterocycles. The molecule has 1 N–H and O–H groups in total. The van der Waals surface area contributed by atoms with Crippen molar-refractivity contribution in [2.45, 2.75) is 31.7 Å². The molecule has 2 aliphatic rings. The number of rotatable bonds is 5. The van der Waals surface area contributed by atoms with E-state index in [0.29, 0.717) is 17.5 Å². The van der Waals surface area contributed by atoms with Crippen molar-refractivity contribution < 1.29 is 4.79 Å². The number of carbonyl (C=O) groups is 1. The summed E-state index contributed by atoms with van der Waals surface area (Å²) in [5.74, 6) is 0.819. The van der Waals surface area contributed by atoms with Gasteiger partial charge in [0.25, 0.3) is 5.91 Å². The standard InChI is InChI=1S/C15H20BrN3O/c16-13-6-12(7-17-8-13)15(20)19(9-11-3-4-11)10-14-2-1-5-18-14/h6-8,11,14,18H,1-5,9-10H2. The minimum absolute atomic E-state index is 0.111. The summed E-state index contributed by atoms with van der Waals surface area (Å²) < 4.78 is 0.855. The van der Waals surface area contributed by atoms with Crippen LogP contribution in [0.2, 0.25) is 0 Å². The van der Waals surface area contributed by atoms with Crippen molar-refractivity contribution in [1.29, 1.82) is 0 Å². The molecule has 1 atom stereocenters. The quantitative estimate of drug-likeness (QED) is 0.897. The van der Waals surface area contributed by atoms with Crippen molar-refractivity contribution in [2.24, 2.45) is 5.92 Å². The Bertz CT molecular complexity index is 484. The molecule has 2 fully saturated rings. The zero-order valence-electron chi connectivity index (χ0n) is 11.5. The first kappa shape index (κ1) is 14.0. The molecule has 108 valence electrons. The van der Waals surface area contributed by atoms with Crippen molar-refractivity contribution in [1.82, 2.24) is 15.2 Å². The molecule has 0 bridgehead atoms. The van der Waals surface area contributed by atoms with Crippen LogP contribution in [0.3, 0.4) is 0 Å². The molecule has 4 nitrogen and oxygen atoms in total. The lowest BCUT2D eigenvalue weighted by Gasteiger charge is -2.26. The first-order valence-electron chi connectivity index (χ1n) is 7.35.